The maximum Gasteiger partial charge on any atom is 0.326 e. The monoisotopic (exact) mass is 565 g/mol. The molecular formula is C26H43N7O5S. The summed E-state index contributed by atoms with van der Waals surface area (Å²) in [6.07, 6.45) is 3.58. The van der Waals surface area contributed by atoms with Crippen LogP contribution in [0, 0.1) is 5.92 Å². The third kappa shape index (κ3) is 12.9. The lowest BCUT2D eigenvalue weighted by Crippen LogP contribution is -2.59. The Hall–Kier alpha value is -3.32. The van der Waals surface area contributed by atoms with E-state index < -0.39 is 47.9 Å². The molecule has 218 valence electrons. The third-order valence-electron chi connectivity index (χ3n) is 6.24. The fraction of sp³-hybridized carbons (Fsp3) is 0.577. The molecule has 1 aromatic rings. The molecule has 0 bridgehead atoms. The van der Waals surface area contributed by atoms with Crippen molar-refractivity contribution >= 4 is 41.4 Å². The zero-order valence-corrected chi connectivity index (χ0v) is 23.7. The van der Waals surface area contributed by atoms with Crippen LogP contribution in [0.1, 0.15) is 45.1 Å². The number of nitrogens with zero attached hydrogens (tertiary/aromatic N) is 1. The number of benzene rings is 1. The zero-order chi connectivity index (χ0) is 29.4. The van der Waals surface area contributed by atoms with Gasteiger partial charge in [-0.05, 0) is 42.8 Å². The maximum atomic E-state index is 13.4. The van der Waals surface area contributed by atoms with Gasteiger partial charge < -0.3 is 38.3 Å². The highest BCUT2D eigenvalue weighted by Gasteiger charge is 2.32. The Morgan fingerprint density at radius 2 is 1.62 bits per heavy atom. The summed E-state index contributed by atoms with van der Waals surface area (Å²) in [7, 11) is 0. The molecule has 3 amide bonds. The minimum absolute atomic E-state index is 0.0467. The van der Waals surface area contributed by atoms with Gasteiger partial charge in [0, 0.05) is 13.0 Å². The molecule has 1 aromatic carbocycles. The molecule has 0 spiro atoms. The van der Waals surface area contributed by atoms with E-state index >= 15 is 0 Å². The molecule has 0 saturated heterocycles. The molecule has 0 heterocycles. The van der Waals surface area contributed by atoms with Crippen LogP contribution in [0.3, 0.4) is 0 Å². The summed E-state index contributed by atoms with van der Waals surface area (Å²) in [4.78, 5) is 55.0. The number of rotatable bonds is 18. The number of carboxylic acid groups (broad SMARTS) is 1. The van der Waals surface area contributed by atoms with Gasteiger partial charge in [0.05, 0.1) is 6.04 Å². The first-order valence-electron chi connectivity index (χ1n) is 13.0. The Morgan fingerprint density at radius 1 is 0.974 bits per heavy atom. The average Bonchev–Trinajstić information content (AvgIpc) is 2.90. The molecule has 0 unspecified atom stereocenters. The lowest BCUT2D eigenvalue weighted by molar-refractivity contribution is -0.142. The predicted octanol–water partition coefficient (Wildman–Crippen LogP) is -0.0518. The van der Waals surface area contributed by atoms with E-state index in [0.29, 0.717) is 31.6 Å². The minimum atomic E-state index is -1.15. The van der Waals surface area contributed by atoms with Crippen LogP contribution in [0.4, 0.5) is 0 Å². The van der Waals surface area contributed by atoms with Gasteiger partial charge in [0.2, 0.25) is 17.7 Å². The number of thioether (sulfide) groups is 1. The van der Waals surface area contributed by atoms with Crippen molar-refractivity contribution in [1.82, 2.24) is 16.0 Å². The second-order valence-electron chi connectivity index (χ2n) is 9.36. The fourth-order valence-corrected chi connectivity index (χ4v) is 4.17. The summed E-state index contributed by atoms with van der Waals surface area (Å²) in [6, 6.07) is 5.07. The molecule has 0 aliphatic carbocycles. The number of guanidine groups is 1. The van der Waals surface area contributed by atoms with Crippen molar-refractivity contribution in [1.29, 1.82) is 0 Å². The third-order valence-corrected chi connectivity index (χ3v) is 6.88. The quantitative estimate of drug-likeness (QED) is 0.0720. The first-order chi connectivity index (χ1) is 18.5. The lowest BCUT2D eigenvalue weighted by atomic mass is 9.96. The molecule has 10 N–H and O–H groups in total. The summed E-state index contributed by atoms with van der Waals surface area (Å²) < 4.78 is 0. The van der Waals surface area contributed by atoms with E-state index in [1.807, 2.05) is 38.3 Å². The standard InChI is InChI=1S/C26H43N7O5S/c1-4-16(2)21(33-22(34)18(27)11-8-13-30-26(28)29)24(36)32-20(15-17-9-6-5-7-10-17)23(35)31-19(25(37)38)12-14-39-3/h5-7,9-10,16,18-21H,4,8,11-15,27H2,1-3H3,(H,31,35)(H,32,36)(H,33,34)(H,37,38)(H4,28,29,30)/t16-,18-,19-,20-,21-/m0/s1. The van der Waals surface area contributed by atoms with Crippen LogP contribution in [0.25, 0.3) is 0 Å². The zero-order valence-electron chi connectivity index (χ0n) is 22.9. The van der Waals surface area contributed by atoms with E-state index in [9.17, 15) is 24.3 Å². The highest BCUT2D eigenvalue weighted by atomic mass is 32.2. The van der Waals surface area contributed by atoms with Crippen LogP contribution in [-0.2, 0) is 25.6 Å². The number of amides is 3. The first-order valence-corrected chi connectivity index (χ1v) is 14.4. The Bertz CT molecular complexity index is 959. The number of nitrogens with one attached hydrogen (secondary N) is 3. The largest absolute Gasteiger partial charge is 0.480 e. The maximum absolute atomic E-state index is 13.4. The number of aliphatic imine (C=N–C) groups is 1. The molecule has 0 aliphatic rings. The van der Waals surface area contributed by atoms with Crippen molar-refractivity contribution in [2.45, 2.75) is 70.1 Å². The SMILES string of the molecule is CC[C@H](C)[C@H](NC(=O)[C@@H](N)CCCN=C(N)N)C(=O)N[C@@H](Cc1ccccc1)C(=O)N[C@@H](CCSC)C(=O)O. The lowest BCUT2D eigenvalue weighted by Gasteiger charge is -2.28. The second kappa shape index (κ2) is 18.1. The normalized spacial score (nSPS) is 14.7. The van der Waals surface area contributed by atoms with Crippen molar-refractivity contribution in [3.63, 3.8) is 0 Å². The number of carboxylic acids is 1. The number of hydrogen-bond donors (Lipinski definition) is 7. The Kier molecular flexibility index (Phi) is 15.6. The van der Waals surface area contributed by atoms with Crippen molar-refractivity contribution in [3.8, 4) is 0 Å². The van der Waals surface area contributed by atoms with Gasteiger partial charge >= 0.3 is 5.97 Å². The van der Waals surface area contributed by atoms with E-state index in [4.69, 9.17) is 17.2 Å². The van der Waals surface area contributed by atoms with Crippen LogP contribution < -0.4 is 33.2 Å². The van der Waals surface area contributed by atoms with Crippen LogP contribution >= 0.6 is 11.8 Å². The van der Waals surface area contributed by atoms with Gasteiger partial charge in [-0.25, -0.2) is 4.79 Å². The van der Waals surface area contributed by atoms with Gasteiger partial charge in [-0.1, -0.05) is 50.6 Å². The summed E-state index contributed by atoms with van der Waals surface area (Å²) >= 11 is 1.47. The summed E-state index contributed by atoms with van der Waals surface area (Å²) in [5.41, 5.74) is 17.4. The van der Waals surface area contributed by atoms with E-state index in [0.717, 1.165) is 5.56 Å². The molecule has 0 aliphatic heterocycles. The number of aliphatic carboxylic acids is 1. The number of carbonyl (C=O) groups is 4. The number of nitrogens with two attached hydrogens (primary N) is 3. The van der Waals surface area contributed by atoms with Gasteiger partial charge in [-0.15, -0.1) is 0 Å². The van der Waals surface area contributed by atoms with Crippen LogP contribution in [0.2, 0.25) is 0 Å². The molecule has 0 radical (unpaired) electrons. The van der Waals surface area contributed by atoms with Crippen LogP contribution in [0.15, 0.2) is 35.3 Å². The molecule has 0 fully saturated rings. The van der Waals surface area contributed by atoms with E-state index in [1.54, 1.807) is 12.1 Å². The van der Waals surface area contributed by atoms with Gasteiger partial charge in [0.25, 0.3) is 0 Å². The Balaban J connectivity index is 3.05. The first kappa shape index (κ1) is 33.7. The van der Waals surface area contributed by atoms with Crippen molar-refractivity contribution < 1.29 is 24.3 Å². The van der Waals surface area contributed by atoms with Crippen molar-refractivity contribution in [3.05, 3.63) is 35.9 Å². The number of carbonyl (C=O) groups excluding carboxylic acids is 3. The molecule has 1 rings (SSSR count). The molecular weight excluding hydrogens is 522 g/mol. The van der Waals surface area contributed by atoms with Gasteiger partial charge in [-0.2, -0.15) is 11.8 Å². The smallest absolute Gasteiger partial charge is 0.326 e. The minimum Gasteiger partial charge on any atom is -0.480 e. The average molecular weight is 566 g/mol. The Labute approximate surface area is 234 Å². The topological polar surface area (TPSA) is 215 Å². The van der Waals surface area contributed by atoms with Crippen molar-refractivity contribution in [2.75, 3.05) is 18.6 Å². The summed E-state index contributed by atoms with van der Waals surface area (Å²) in [5.74, 6) is -2.61. The fourth-order valence-electron chi connectivity index (χ4n) is 3.70. The molecule has 13 heteroatoms. The van der Waals surface area contributed by atoms with E-state index in [1.165, 1.54) is 11.8 Å². The predicted molar refractivity (Wildman–Crippen MR) is 154 cm³/mol. The second-order valence-corrected chi connectivity index (χ2v) is 10.3. The molecule has 0 aromatic heterocycles. The molecule has 39 heavy (non-hydrogen) atoms. The van der Waals surface area contributed by atoms with Gasteiger partial charge in [0.15, 0.2) is 5.96 Å². The van der Waals surface area contributed by atoms with Gasteiger partial charge in [-0.3, -0.25) is 19.4 Å². The van der Waals surface area contributed by atoms with E-state index in [-0.39, 0.29) is 24.7 Å². The van der Waals surface area contributed by atoms with Crippen LogP contribution in [0.5, 0.6) is 0 Å². The van der Waals surface area contributed by atoms with Crippen molar-refractivity contribution in [2.24, 2.45) is 28.1 Å². The Morgan fingerprint density at radius 3 is 2.18 bits per heavy atom. The van der Waals surface area contributed by atoms with Crippen LogP contribution in [-0.4, -0.2) is 77.5 Å². The summed E-state index contributed by atoms with van der Waals surface area (Å²) in [5, 5.41) is 17.6. The highest BCUT2D eigenvalue weighted by Crippen LogP contribution is 2.11. The van der Waals surface area contributed by atoms with E-state index in [2.05, 4.69) is 20.9 Å². The highest BCUT2D eigenvalue weighted by molar-refractivity contribution is 7.98. The number of hydrogen-bond acceptors (Lipinski definition) is 7. The molecule has 12 nitrogen and oxygen atoms in total. The van der Waals surface area contributed by atoms with Gasteiger partial charge in [0.1, 0.15) is 18.1 Å². The molecule has 0 saturated carbocycles. The summed E-state index contributed by atoms with van der Waals surface area (Å²) in [6.45, 7) is 4.01. The molecule has 5 atom stereocenters.